The molecule has 6 heteroatoms. The van der Waals surface area contributed by atoms with E-state index in [-0.39, 0.29) is 4.90 Å². The summed E-state index contributed by atoms with van der Waals surface area (Å²) in [5.74, 6) is -2.06. The smallest absolute Gasteiger partial charge is 0.314 e. The van der Waals surface area contributed by atoms with E-state index >= 15 is 0 Å². The lowest BCUT2D eigenvalue weighted by Gasteiger charge is -2.10. The zero-order valence-corrected chi connectivity index (χ0v) is 15.5. The molecule has 138 valence electrons. The van der Waals surface area contributed by atoms with Crippen LogP contribution in [0.15, 0.2) is 53.4 Å². The maximum Gasteiger partial charge on any atom is 0.314 e. The number of sulfone groups is 1. The Labute approximate surface area is 153 Å². The second kappa shape index (κ2) is 6.52. The minimum absolute atomic E-state index is 0.0832. The van der Waals surface area contributed by atoms with E-state index < -0.39 is 39.0 Å². The van der Waals surface area contributed by atoms with E-state index in [1.165, 1.54) is 12.1 Å². The van der Waals surface area contributed by atoms with Crippen LogP contribution in [0.2, 0.25) is 0 Å². The Morgan fingerprint density at radius 3 is 2.12 bits per heavy atom. The predicted molar refractivity (Wildman–Crippen MR) is 97.9 cm³/mol. The molecule has 3 rings (SSSR count). The summed E-state index contributed by atoms with van der Waals surface area (Å²) in [6.07, 6.45) is 0.833. The molecule has 0 spiro atoms. The van der Waals surface area contributed by atoms with Gasteiger partial charge < -0.3 is 10.2 Å². The molecular weight excluding hydrogens is 352 g/mol. The Hall–Kier alpha value is -2.18. The Kier molecular flexibility index (Phi) is 4.67. The number of carboxylic acids is 1. The Morgan fingerprint density at radius 1 is 1.08 bits per heavy atom. The lowest BCUT2D eigenvalue weighted by Crippen LogP contribution is -2.27. The molecule has 1 fully saturated rings. The zero-order chi connectivity index (χ0) is 19.1. The quantitative estimate of drug-likeness (QED) is 0.811. The summed E-state index contributed by atoms with van der Waals surface area (Å²) in [6.45, 7) is 3.13. The van der Waals surface area contributed by atoms with Crippen LogP contribution in [0.4, 0.5) is 0 Å². The Morgan fingerprint density at radius 2 is 1.65 bits per heavy atom. The molecule has 26 heavy (non-hydrogen) atoms. The van der Waals surface area contributed by atoms with Crippen molar-refractivity contribution in [1.82, 2.24) is 0 Å². The van der Waals surface area contributed by atoms with Crippen molar-refractivity contribution in [2.75, 3.05) is 6.61 Å². The first-order valence-electron chi connectivity index (χ1n) is 8.52. The normalized spacial score (nSPS) is 25.0. The molecule has 0 aliphatic heterocycles. The number of benzene rings is 2. The van der Waals surface area contributed by atoms with E-state index in [4.69, 9.17) is 0 Å². The van der Waals surface area contributed by atoms with E-state index in [0.29, 0.717) is 5.56 Å². The lowest BCUT2D eigenvalue weighted by molar-refractivity contribution is -0.145. The van der Waals surface area contributed by atoms with Crippen molar-refractivity contribution in [1.29, 1.82) is 0 Å². The van der Waals surface area contributed by atoms with E-state index in [1.54, 1.807) is 24.3 Å². The molecule has 0 radical (unpaired) electrons. The fraction of sp³-hybridized carbons (Fsp3) is 0.350. The molecule has 1 saturated carbocycles. The fourth-order valence-electron chi connectivity index (χ4n) is 3.68. The second-order valence-corrected chi connectivity index (χ2v) is 8.92. The molecule has 5 nitrogen and oxygen atoms in total. The number of rotatable bonds is 6. The lowest BCUT2D eigenvalue weighted by atomic mass is 9.99. The minimum atomic E-state index is -3.90. The molecule has 1 aliphatic carbocycles. The van der Waals surface area contributed by atoms with Gasteiger partial charge in [0.15, 0.2) is 9.84 Å². The Bertz CT molecular complexity index is 916. The number of aliphatic hydroxyl groups is 1. The summed E-state index contributed by atoms with van der Waals surface area (Å²) in [4.78, 5) is 12.0. The number of aryl methyl sites for hydroxylation is 2. The molecule has 0 amide bonds. The maximum atomic E-state index is 13.1. The van der Waals surface area contributed by atoms with Crippen LogP contribution in [0.3, 0.4) is 0 Å². The van der Waals surface area contributed by atoms with Crippen LogP contribution in [-0.2, 0) is 21.1 Å². The molecule has 1 aliphatic rings. The van der Waals surface area contributed by atoms with Crippen LogP contribution in [0.1, 0.15) is 29.5 Å². The standard InChI is InChI=1S/C20H22O5S/c1-3-14-6-8-15(9-7-14)17-18(20(17,12-21)19(22)23)26(24,25)16-10-4-13(2)5-11-16/h4-11,17-18,21H,3,12H2,1-2H3,(H,22,23)/t17-,18+,20-/m0/s1. The second-order valence-electron chi connectivity index (χ2n) is 6.86. The van der Waals surface area contributed by atoms with Crippen molar-refractivity contribution in [2.45, 2.75) is 36.3 Å². The third kappa shape index (κ3) is 2.73. The Balaban J connectivity index is 2.08. The van der Waals surface area contributed by atoms with E-state index in [9.17, 15) is 23.4 Å². The van der Waals surface area contributed by atoms with Crippen molar-refractivity contribution in [3.8, 4) is 0 Å². The van der Waals surface area contributed by atoms with Crippen LogP contribution in [0.5, 0.6) is 0 Å². The highest BCUT2D eigenvalue weighted by Crippen LogP contribution is 2.64. The summed E-state index contributed by atoms with van der Waals surface area (Å²) >= 11 is 0. The van der Waals surface area contributed by atoms with Gasteiger partial charge in [-0.2, -0.15) is 0 Å². The molecule has 2 aromatic rings. The first-order chi connectivity index (χ1) is 12.3. The van der Waals surface area contributed by atoms with E-state index in [0.717, 1.165) is 17.5 Å². The summed E-state index contributed by atoms with van der Waals surface area (Å²) in [5.41, 5.74) is 0.909. The minimum Gasteiger partial charge on any atom is -0.481 e. The van der Waals surface area contributed by atoms with E-state index in [1.807, 2.05) is 26.0 Å². The number of hydrogen-bond acceptors (Lipinski definition) is 4. The largest absolute Gasteiger partial charge is 0.481 e. The molecule has 0 saturated heterocycles. The highest BCUT2D eigenvalue weighted by Gasteiger charge is 2.75. The van der Waals surface area contributed by atoms with Gasteiger partial charge in [0.05, 0.1) is 16.8 Å². The number of carbonyl (C=O) groups is 1. The summed E-state index contributed by atoms with van der Waals surface area (Å²) in [5, 5.41) is 18.4. The van der Waals surface area contributed by atoms with Gasteiger partial charge in [0.25, 0.3) is 0 Å². The summed E-state index contributed by atoms with van der Waals surface area (Å²) in [7, 11) is -3.90. The molecular formula is C20H22O5S. The van der Waals surface area contributed by atoms with Crippen LogP contribution in [0.25, 0.3) is 0 Å². The van der Waals surface area contributed by atoms with Crippen LogP contribution >= 0.6 is 0 Å². The van der Waals surface area contributed by atoms with Gasteiger partial charge in [-0.3, -0.25) is 4.79 Å². The van der Waals surface area contributed by atoms with Gasteiger partial charge in [0.2, 0.25) is 0 Å². The molecule has 0 bridgehead atoms. The molecule has 0 heterocycles. The zero-order valence-electron chi connectivity index (χ0n) is 14.7. The number of aliphatic carboxylic acids is 1. The summed E-state index contributed by atoms with van der Waals surface area (Å²) < 4.78 is 26.2. The van der Waals surface area contributed by atoms with Gasteiger partial charge in [0.1, 0.15) is 5.41 Å². The van der Waals surface area contributed by atoms with Gasteiger partial charge in [-0.1, -0.05) is 48.9 Å². The fourth-order valence-corrected chi connectivity index (χ4v) is 6.04. The average molecular weight is 374 g/mol. The van der Waals surface area contributed by atoms with Crippen molar-refractivity contribution in [3.05, 3.63) is 65.2 Å². The van der Waals surface area contributed by atoms with Crippen LogP contribution < -0.4 is 0 Å². The first-order valence-corrected chi connectivity index (χ1v) is 10.1. The molecule has 0 unspecified atom stereocenters. The number of carboxylic acid groups (broad SMARTS) is 1. The number of hydrogen-bond donors (Lipinski definition) is 2. The third-order valence-corrected chi connectivity index (χ3v) is 7.64. The van der Waals surface area contributed by atoms with Crippen LogP contribution in [0, 0.1) is 12.3 Å². The first kappa shape index (κ1) is 18.6. The van der Waals surface area contributed by atoms with Gasteiger partial charge in [-0.25, -0.2) is 8.42 Å². The van der Waals surface area contributed by atoms with Crippen molar-refractivity contribution < 1.29 is 23.4 Å². The molecule has 0 aromatic heterocycles. The topological polar surface area (TPSA) is 91.7 Å². The highest BCUT2D eigenvalue weighted by atomic mass is 32.2. The van der Waals surface area contributed by atoms with Gasteiger partial charge >= 0.3 is 5.97 Å². The van der Waals surface area contributed by atoms with E-state index in [2.05, 4.69) is 0 Å². The summed E-state index contributed by atoms with van der Waals surface area (Å²) in [6, 6.07) is 13.6. The predicted octanol–water partition coefficient (Wildman–Crippen LogP) is 2.56. The van der Waals surface area contributed by atoms with Gasteiger partial charge in [-0.15, -0.1) is 0 Å². The monoisotopic (exact) mass is 374 g/mol. The number of aliphatic hydroxyl groups excluding tert-OH is 1. The average Bonchev–Trinajstić information content (AvgIpc) is 3.34. The maximum absolute atomic E-state index is 13.1. The van der Waals surface area contributed by atoms with Gasteiger partial charge in [0, 0.05) is 5.92 Å². The van der Waals surface area contributed by atoms with Crippen molar-refractivity contribution >= 4 is 15.8 Å². The molecule has 3 atom stereocenters. The van der Waals surface area contributed by atoms with Crippen LogP contribution in [-0.4, -0.2) is 36.5 Å². The van der Waals surface area contributed by atoms with Crippen molar-refractivity contribution in [2.24, 2.45) is 5.41 Å². The SMILES string of the molecule is CCc1ccc([C@H]2[C@@H](S(=O)(=O)c3ccc(C)cc3)[C@@]2(CO)C(=O)O)cc1. The van der Waals surface area contributed by atoms with Crippen molar-refractivity contribution in [3.63, 3.8) is 0 Å². The third-order valence-electron chi connectivity index (χ3n) is 5.35. The molecule has 2 N–H and O–H groups in total. The molecule has 2 aromatic carbocycles. The van der Waals surface area contributed by atoms with Gasteiger partial charge in [-0.05, 0) is 36.6 Å². The highest BCUT2D eigenvalue weighted by molar-refractivity contribution is 7.92.